The Kier molecular flexibility index (Phi) is 4.86. The van der Waals surface area contributed by atoms with E-state index in [-0.39, 0.29) is 17.9 Å². The van der Waals surface area contributed by atoms with Crippen LogP contribution < -0.4 is 5.32 Å². The minimum absolute atomic E-state index is 0.0741. The van der Waals surface area contributed by atoms with E-state index in [2.05, 4.69) is 5.32 Å². The molecular weight excluding hydrogens is 186 g/mol. The summed E-state index contributed by atoms with van der Waals surface area (Å²) in [6.45, 7) is 1.75. The second kappa shape index (κ2) is 5.95. The summed E-state index contributed by atoms with van der Waals surface area (Å²) in [5.41, 5.74) is 0. The van der Waals surface area contributed by atoms with Gasteiger partial charge in [0.2, 0.25) is 0 Å². The van der Waals surface area contributed by atoms with Gasteiger partial charge < -0.3 is 19.5 Å². The third-order valence-electron chi connectivity index (χ3n) is 2.29. The van der Waals surface area contributed by atoms with Crippen molar-refractivity contribution in [1.82, 2.24) is 5.32 Å². The normalized spacial score (nSPS) is 26.4. The van der Waals surface area contributed by atoms with E-state index in [1.165, 1.54) is 0 Å². The molecule has 1 heterocycles. The van der Waals surface area contributed by atoms with Gasteiger partial charge >= 0.3 is 5.97 Å². The molecule has 1 aliphatic rings. The highest BCUT2D eigenvalue weighted by Crippen LogP contribution is 2.14. The second-order valence-electron chi connectivity index (χ2n) is 3.20. The maximum atomic E-state index is 11.5. The number of carbonyl (C=O) groups is 1. The molecule has 1 aliphatic heterocycles. The van der Waals surface area contributed by atoms with Crippen molar-refractivity contribution >= 4 is 5.97 Å². The first-order valence-corrected chi connectivity index (χ1v) is 4.70. The molecule has 0 bridgehead atoms. The number of esters is 1. The van der Waals surface area contributed by atoms with Gasteiger partial charge in [0.15, 0.2) is 0 Å². The number of hydrogen-bond donors (Lipinski definition) is 1. The Balaban J connectivity index is 2.28. The van der Waals surface area contributed by atoms with E-state index < -0.39 is 0 Å². The van der Waals surface area contributed by atoms with Crippen LogP contribution in [0.1, 0.15) is 0 Å². The first-order chi connectivity index (χ1) is 6.79. The van der Waals surface area contributed by atoms with Crippen LogP contribution >= 0.6 is 0 Å². The van der Waals surface area contributed by atoms with Crippen molar-refractivity contribution < 1.29 is 19.0 Å². The van der Waals surface area contributed by atoms with Crippen molar-refractivity contribution in [2.24, 2.45) is 5.92 Å². The van der Waals surface area contributed by atoms with E-state index in [9.17, 15) is 4.79 Å². The maximum Gasteiger partial charge on any atom is 0.313 e. The highest BCUT2D eigenvalue weighted by Gasteiger charge is 2.34. The van der Waals surface area contributed by atoms with Crippen molar-refractivity contribution in [2.45, 2.75) is 6.04 Å². The van der Waals surface area contributed by atoms with Crippen molar-refractivity contribution in [3.63, 3.8) is 0 Å². The summed E-state index contributed by atoms with van der Waals surface area (Å²) >= 11 is 0. The van der Waals surface area contributed by atoms with Crippen LogP contribution in [0.4, 0.5) is 0 Å². The van der Waals surface area contributed by atoms with E-state index >= 15 is 0 Å². The molecule has 0 aromatic heterocycles. The van der Waals surface area contributed by atoms with Crippen molar-refractivity contribution in [3.05, 3.63) is 0 Å². The van der Waals surface area contributed by atoms with Crippen molar-refractivity contribution in [3.8, 4) is 0 Å². The smallest absolute Gasteiger partial charge is 0.313 e. The topological polar surface area (TPSA) is 56.8 Å². The molecule has 0 aliphatic carbocycles. The molecule has 82 valence electrons. The quantitative estimate of drug-likeness (QED) is 0.478. The highest BCUT2D eigenvalue weighted by atomic mass is 16.6. The molecule has 2 atom stereocenters. The molecule has 5 heteroatoms. The van der Waals surface area contributed by atoms with Crippen LogP contribution in [-0.4, -0.2) is 52.6 Å². The van der Waals surface area contributed by atoms with E-state index in [1.54, 1.807) is 7.11 Å². The van der Waals surface area contributed by atoms with Gasteiger partial charge in [-0.2, -0.15) is 0 Å². The third kappa shape index (κ3) is 2.94. The third-order valence-corrected chi connectivity index (χ3v) is 2.29. The summed E-state index contributed by atoms with van der Waals surface area (Å²) in [7, 11) is 3.39. The lowest BCUT2D eigenvalue weighted by Gasteiger charge is -2.15. The fourth-order valence-corrected chi connectivity index (χ4v) is 1.40. The number of rotatable bonds is 5. The van der Waals surface area contributed by atoms with E-state index in [0.29, 0.717) is 26.4 Å². The number of ether oxygens (including phenoxy) is 3. The Morgan fingerprint density at radius 3 is 2.93 bits per heavy atom. The van der Waals surface area contributed by atoms with Gasteiger partial charge in [0.05, 0.1) is 25.7 Å². The summed E-state index contributed by atoms with van der Waals surface area (Å²) in [4.78, 5) is 11.5. The molecule has 1 rings (SSSR count). The van der Waals surface area contributed by atoms with Crippen molar-refractivity contribution in [2.75, 3.05) is 40.6 Å². The Hall–Kier alpha value is -0.650. The average molecular weight is 203 g/mol. The van der Waals surface area contributed by atoms with Crippen LogP contribution in [0.25, 0.3) is 0 Å². The van der Waals surface area contributed by atoms with Gasteiger partial charge in [-0.15, -0.1) is 0 Å². The lowest BCUT2D eigenvalue weighted by molar-refractivity contribution is -0.150. The summed E-state index contributed by atoms with van der Waals surface area (Å²) in [5.74, 6) is -0.393. The van der Waals surface area contributed by atoms with E-state index in [1.807, 2.05) is 7.05 Å². The zero-order valence-electron chi connectivity index (χ0n) is 8.62. The van der Waals surface area contributed by atoms with Crippen molar-refractivity contribution in [1.29, 1.82) is 0 Å². The molecule has 5 nitrogen and oxygen atoms in total. The van der Waals surface area contributed by atoms with Gasteiger partial charge in [-0.3, -0.25) is 4.79 Å². The molecule has 0 aromatic carbocycles. The van der Waals surface area contributed by atoms with Crippen LogP contribution in [0.2, 0.25) is 0 Å². The lowest BCUT2D eigenvalue weighted by Crippen LogP contribution is -2.38. The Bertz CT molecular complexity index is 186. The Morgan fingerprint density at radius 1 is 1.50 bits per heavy atom. The average Bonchev–Trinajstić information content (AvgIpc) is 2.65. The van der Waals surface area contributed by atoms with E-state index in [4.69, 9.17) is 14.2 Å². The van der Waals surface area contributed by atoms with Crippen LogP contribution in [0.5, 0.6) is 0 Å². The monoisotopic (exact) mass is 203 g/mol. The van der Waals surface area contributed by atoms with Gasteiger partial charge in [0, 0.05) is 13.2 Å². The van der Waals surface area contributed by atoms with Crippen LogP contribution in [0.15, 0.2) is 0 Å². The number of methoxy groups -OCH3 is 1. The first-order valence-electron chi connectivity index (χ1n) is 4.70. The SMILES string of the molecule is CNC1COCC1C(=O)OCCOC. The molecule has 1 saturated heterocycles. The molecule has 0 amide bonds. The molecule has 14 heavy (non-hydrogen) atoms. The fourth-order valence-electron chi connectivity index (χ4n) is 1.40. The molecule has 1 N–H and O–H groups in total. The summed E-state index contributed by atoms with van der Waals surface area (Å²) < 4.78 is 15.0. The first kappa shape index (κ1) is 11.4. The van der Waals surface area contributed by atoms with Crippen LogP contribution in [0.3, 0.4) is 0 Å². The second-order valence-corrected chi connectivity index (χ2v) is 3.20. The standard InChI is InChI=1S/C9H17NO4/c1-10-8-6-13-5-7(8)9(11)14-4-3-12-2/h7-8,10H,3-6H2,1-2H3. The zero-order valence-corrected chi connectivity index (χ0v) is 8.62. The number of nitrogens with one attached hydrogen (secondary N) is 1. The highest BCUT2D eigenvalue weighted by molar-refractivity contribution is 5.73. The van der Waals surface area contributed by atoms with Gasteiger partial charge in [0.25, 0.3) is 0 Å². The van der Waals surface area contributed by atoms with Gasteiger partial charge in [-0.25, -0.2) is 0 Å². The molecule has 0 saturated carbocycles. The minimum atomic E-state index is -0.209. The molecular formula is C9H17NO4. The fraction of sp³-hybridized carbons (Fsp3) is 0.889. The summed E-state index contributed by atoms with van der Waals surface area (Å²) in [5, 5.41) is 3.03. The lowest BCUT2D eigenvalue weighted by atomic mass is 10.0. The minimum Gasteiger partial charge on any atom is -0.463 e. The van der Waals surface area contributed by atoms with E-state index in [0.717, 1.165) is 0 Å². The maximum absolute atomic E-state index is 11.5. The summed E-state index contributed by atoms with van der Waals surface area (Å²) in [6, 6.07) is 0.0741. The van der Waals surface area contributed by atoms with Crippen LogP contribution in [0, 0.1) is 5.92 Å². The zero-order chi connectivity index (χ0) is 10.4. The molecule has 0 radical (unpaired) electrons. The number of carbonyl (C=O) groups excluding carboxylic acids is 1. The van der Waals surface area contributed by atoms with Gasteiger partial charge in [-0.05, 0) is 7.05 Å². The Labute approximate surface area is 83.7 Å². The van der Waals surface area contributed by atoms with Gasteiger partial charge in [-0.1, -0.05) is 0 Å². The summed E-state index contributed by atoms with van der Waals surface area (Å²) in [6.07, 6.45) is 0. The Morgan fingerprint density at radius 2 is 2.29 bits per heavy atom. The predicted octanol–water partition coefficient (Wildman–Crippen LogP) is -0.590. The molecule has 0 aromatic rings. The van der Waals surface area contributed by atoms with Crippen LogP contribution in [-0.2, 0) is 19.0 Å². The largest absolute Gasteiger partial charge is 0.463 e. The predicted molar refractivity (Wildman–Crippen MR) is 50.0 cm³/mol. The van der Waals surface area contributed by atoms with Gasteiger partial charge in [0.1, 0.15) is 6.61 Å². The number of hydrogen-bond acceptors (Lipinski definition) is 5. The molecule has 0 spiro atoms. The molecule has 2 unspecified atom stereocenters. The number of likely N-dealkylation sites (N-methyl/N-ethyl adjacent to an activating group) is 1. The molecule has 1 fully saturated rings.